The highest BCUT2D eigenvalue weighted by Gasteiger charge is 2.19. The first kappa shape index (κ1) is 17.1. The van der Waals surface area contributed by atoms with Gasteiger partial charge >= 0.3 is 0 Å². The molecule has 0 amide bonds. The summed E-state index contributed by atoms with van der Waals surface area (Å²) in [7, 11) is 3.34. The minimum absolute atomic E-state index is 0.803. The van der Waals surface area contributed by atoms with Crippen LogP contribution in [-0.2, 0) is 0 Å². The summed E-state index contributed by atoms with van der Waals surface area (Å²) in [6.45, 7) is 4.05. The number of methoxy groups -OCH3 is 2. The van der Waals surface area contributed by atoms with Crippen LogP contribution in [0.15, 0.2) is 54.6 Å². The number of nitrogens with zero attached hydrogens (tertiary/aromatic N) is 3. The topological polar surface area (TPSA) is 48.7 Å². The Morgan fingerprint density at radius 1 is 0.815 bits per heavy atom. The molecule has 5 heteroatoms. The number of rotatable bonds is 4. The fourth-order valence-corrected chi connectivity index (χ4v) is 3.32. The smallest absolute Gasteiger partial charge is 0.164 e. The van der Waals surface area contributed by atoms with Crippen molar-refractivity contribution in [3.05, 3.63) is 66.0 Å². The van der Waals surface area contributed by atoms with Crippen LogP contribution in [0.1, 0.15) is 11.4 Å². The SMILES string of the molecule is COc1ccc(-c2nn3c(C)cc(C)nc3c2-c2cccc(OC)c2)cc1. The first-order valence-corrected chi connectivity index (χ1v) is 8.76. The van der Waals surface area contributed by atoms with Crippen LogP contribution < -0.4 is 9.47 Å². The normalized spacial score (nSPS) is 11.0. The number of hydrogen-bond acceptors (Lipinski definition) is 4. The predicted octanol–water partition coefficient (Wildman–Crippen LogP) is 4.70. The molecule has 2 aromatic heterocycles. The summed E-state index contributed by atoms with van der Waals surface area (Å²) in [5, 5.41) is 4.88. The van der Waals surface area contributed by atoms with E-state index < -0.39 is 0 Å². The van der Waals surface area contributed by atoms with Crippen LogP contribution in [0.2, 0.25) is 0 Å². The van der Waals surface area contributed by atoms with E-state index in [4.69, 9.17) is 19.6 Å². The molecule has 136 valence electrons. The number of ether oxygens (including phenoxy) is 2. The average Bonchev–Trinajstić information content (AvgIpc) is 3.07. The molecule has 0 N–H and O–H groups in total. The van der Waals surface area contributed by atoms with E-state index in [9.17, 15) is 0 Å². The van der Waals surface area contributed by atoms with Crippen molar-refractivity contribution in [1.29, 1.82) is 0 Å². The fraction of sp³-hybridized carbons (Fsp3) is 0.182. The van der Waals surface area contributed by atoms with Gasteiger partial charge in [0.05, 0.1) is 19.8 Å². The summed E-state index contributed by atoms with van der Waals surface area (Å²) >= 11 is 0. The first-order valence-electron chi connectivity index (χ1n) is 8.76. The second kappa shape index (κ2) is 6.76. The van der Waals surface area contributed by atoms with Crippen LogP contribution in [-0.4, -0.2) is 28.8 Å². The monoisotopic (exact) mass is 359 g/mol. The van der Waals surface area contributed by atoms with E-state index in [0.717, 1.165) is 50.9 Å². The molecule has 0 spiro atoms. The maximum absolute atomic E-state index is 5.42. The second-order valence-corrected chi connectivity index (χ2v) is 6.46. The quantitative estimate of drug-likeness (QED) is 0.530. The summed E-state index contributed by atoms with van der Waals surface area (Å²) in [4.78, 5) is 4.78. The standard InChI is InChI=1S/C22H21N3O2/c1-14-12-15(2)25-22(23-14)20(17-6-5-7-19(13-17)27-4)21(24-25)16-8-10-18(26-3)11-9-16/h5-13H,1-4H3. The lowest BCUT2D eigenvalue weighted by molar-refractivity contribution is 0.415. The molecule has 4 aromatic rings. The van der Waals surface area contributed by atoms with Gasteiger partial charge in [0, 0.05) is 17.0 Å². The molecule has 4 rings (SSSR count). The third-order valence-electron chi connectivity index (χ3n) is 4.62. The van der Waals surface area contributed by atoms with E-state index in [0.29, 0.717) is 0 Å². The Labute approximate surface area is 158 Å². The number of aryl methyl sites for hydroxylation is 2. The van der Waals surface area contributed by atoms with Crippen molar-refractivity contribution in [2.24, 2.45) is 0 Å². The largest absolute Gasteiger partial charge is 0.497 e. The number of fused-ring (bicyclic) bond motifs is 1. The molecule has 0 aliphatic rings. The van der Waals surface area contributed by atoms with Crippen LogP contribution in [0.4, 0.5) is 0 Å². The van der Waals surface area contributed by atoms with Gasteiger partial charge in [-0.25, -0.2) is 9.50 Å². The highest BCUT2D eigenvalue weighted by Crippen LogP contribution is 2.36. The van der Waals surface area contributed by atoms with Gasteiger partial charge in [0.25, 0.3) is 0 Å². The van der Waals surface area contributed by atoms with Crippen LogP contribution in [0.25, 0.3) is 28.0 Å². The van der Waals surface area contributed by atoms with Crippen molar-refractivity contribution in [1.82, 2.24) is 14.6 Å². The van der Waals surface area contributed by atoms with E-state index in [1.54, 1.807) is 14.2 Å². The van der Waals surface area contributed by atoms with Crippen molar-refractivity contribution in [3.8, 4) is 33.9 Å². The lowest BCUT2D eigenvalue weighted by Crippen LogP contribution is -1.97. The Kier molecular flexibility index (Phi) is 4.28. The Hall–Kier alpha value is -3.34. The lowest BCUT2D eigenvalue weighted by Gasteiger charge is -2.07. The molecule has 0 fully saturated rings. The zero-order valence-electron chi connectivity index (χ0n) is 15.9. The van der Waals surface area contributed by atoms with Crippen LogP contribution in [0, 0.1) is 13.8 Å². The van der Waals surface area contributed by atoms with Crippen molar-refractivity contribution < 1.29 is 9.47 Å². The molecular formula is C22H21N3O2. The molecule has 0 aliphatic heterocycles. The minimum Gasteiger partial charge on any atom is -0.497 e. The molecule has 0 saturated heterocycles. The Bertz CT molecular complexity index is 1110. The summed E-state index contributed by atoms with van der Waals surface area (Å²) in [5.41, 5.74) is 6.75. The molecule has 0 radical (unpaired) electrons. The zero-order valence-corrected chi connectivity index (χ0v) is 15.9. The zero-order chi connectivity index (χ0) is 19.0. The molecule has 0 bridgehead atoms. The van der Waals surface area contributed by atoms with Gasteiger partial charge < -0.3 is 9.47 Å². The second-order valence-electron chi connectivity index (χ2n) is 6.46. The van der Waals surface area contributed by atoms with E-state index in [2.05, 4.69) is 6.07 Å². The summed E-state index contributed by atoms with van der Waals surface area (Å²) in [6, 6.07) is 18.0. The van der Waals surface area contributed by atoms with Crippen LogP contribution in [0.3, 0.4) is 0 Å². The third-order valence-corrected chi connectivity index (χ3v) is 4.62. The highest BCUT2D eigenvalue weighted by molar-refractivity contribution is 5.91. The van der Waals surface area contributed by atoms with Gasteiger partial charge in [-0.15, -0.1) is 0 Å². The van der Waals surface area contributed by atoms with Crippen molar-refractivity contribution in [2.75, 3.05) is 14.2 Å². The summed E-state index contributed by atoms with van der Waals surface area (Å²) < 4.78 is 12.6. The van der Waals surface area contributed by atoms with Gasteiger partial charge in [-0.05, 0) is 61.9 Å². The fourth-order valence-electron chi connectivity index (χ4n) is 3.32. The minimum atomic E-state index is 0.803. The first-order chi connectivity index (χ1) is 13.1. The average molecular weight is 359 g/mol. The predicted molar refractivity (Wildman–Crippen MR) is 106 cm³/mol. The Morgan fingerprint density at radius 2 is 1.56 bits per heavy atom. The number of benzene rings is 2. The van der Waals surface area contributed by atoms with Gasteiger partial charge in [0.15, 0.2) is 5.65 Å². The highest BCUT2D eigenvalue weighted by atomic mass is 16.5. The number of hydrogen-bond donors (Lipinski definition) is 0. The van der Waals surface area contributed by atoms with E-state index in [-0.39, 0.29) is 0 Å². The molecule has 2 aromatic carbocycles. The lowest BCUT2D eigenvalue weighted by atomic mass is 10.0. The maximum atomic E-state index is 5.42. The molecule has 27 heavy (non-hydrogen) atoms. The van der Waals surface area contributed by atoms with Crippen molar-refractivity contribution in [3.63, 3.8) is 0 Å². The molecule has 0 saturated carbocycles. The Balaban J connectivity index is 2.03. The van der Waals surface area contributed by atoms with Crippen LogP contribution >= 0.6 is 0 Å². The van der Waals surface area contributed by atoms with Gasteiger partial charge in [-0.3, -0.25) is 0 Å². The van der Waals surface area contributed by atoms with Gasteiger partial charge in [0.1, 0.15) is 17.2 Å². The summed E-state index contributed by atoms with van der Waals surface area (Å²) in [6.07, 6.45) is 0. The maximum Gasteiger partial charge on any atom is 0.164 e. The van der Waals surface area contributed by atoms with Gasteiger partial charge in [-0.2, -0.15) is 5.10 Å². The molecule has 0 aliphatic carbocycles. The molecular weight excluding hydrogens is 338 g/mol. The number of aromatic nitrogens is 3. The molecule has 2 heterocycles. The van der Waals surface area contributed by atoms with Crippen LogP contribution in [0.5, 0.6) is 11.5 Å². The van der Waals surface area contributed by atoms with E-state index in [1.165, 1.54) is 0 Å². The van der Waals surface area contributed by atoms with E-state index in [1.807, 2.05) is 66.9 Å². The third kappa shape index (κ3) is 3.01. The van der Waals surface area contributed by atoms with Crippen molar-refractivity contribution in [2.45, 2.75) is 13.8 Å². The molecule has 5 nitrogen and oxygen atoms in total. The van der Waals surface area contributed by atoms with Gasteiger partial charge in [-0.1, -0.05) is 12.1 Å². The van der Waals surface area contributed by atoms with E-state index >= 15 is 0 Å². The Morgan fingerprint density at radius 3 is 2.26 bits per heavy atom. The molecule has 0 atom stereocenters. The summed E-state index contributed by atoms with van der Waals surface area (Å²) in [5.74, 6) is 1.62. The molecule has 0 unspecified atom stereocenters. The van der Waals surface area contributed by atoms with Crippen molar-refractivity contribution >= 4 is 5.65 Å². The van der Waals surface area contributed by atoms with Gasteiger partial charge in [0.2, 0.25) is 0 Å².